The van der Waals surface area contributed by atoms with Crippen molar-refractivity contribution in [1.29, 1.82) is 0 Å². The molecule has 2 rings (SSSR count). The minimum absolute atomic E-state index is 0.148. The van der Waals surface area contributed by atoms with Gasteiger partial charge in [-0.05, 0) is 24.6 Å². The highest BCUT2D eigenvalue weighted by molar-refractivity contribution is 7.86. The van der Waals surface area contributed by atoms with E-state index < -0.39 is 22.0 Å². The highest BCUT2D eigenvalue weighted by Crippen LogP contribution is 2.38. The predicted molar refractivity (Wildman–Crippen MR) is 87.6 cm³/mol. The Bertz CT molecular complexity index is 719. The molecule has 0 radical (unpaired) electrons. The van der Waals surface area contributed by atoms with Crippen LogP contribution in [0.3, 0.4) is 0 Å². The van der Waals surface area contributed by atoms with Crippen molar-refractivity contribution in [2.45, 2.75) is 26.7 Å². The Morgan fingerprint density at radius 1 is 1.35 bits per heavy atom. The first kappa shape index (κ1) is 17.8. The number of ether oxygens (including phenoxy) is 1. The van der Waals surface area contributed by atoms with Crippen LogP contribution in [0.25, 0.3) is 0 Å². The van der Waals surface area contributed by atoms with Crippen LogP contribution in [-0.4, -0.2) is 26.7 Å². The van der Waals surface area contributed by atoms with Crippen LogP contribution in [0.5, 0.6) is 0 Å². The average molecular weight is 359 g/mol. The van der Waals surface area contributed by atoms with Crippen LogP contribution in [0.2, 0.25) is 5.02 Å². The third-order valence-corrected chi connectivity index (χ3v) is 4.92. The highest BCUT2D eigenvalue weighted by atomic mass is 35.5. The van der Waals surface area contributed by atoms with E-state index in [1.54, 1.807) is 45.0 Å². The van der Waals surface area contributed by atoms with Crippen molar-refractivity contribution in [3.05, 3.63) is 46.2 Å². The molecule has 1 heterocycles. The Labute approximate surface area is 141 Å². The van der Waals surface area contributed by atoms with E-state index in [9.17, 15) is 13.2 Å². The lowest BCUT2D eigenvalue weighted by Gasteiger charge is -2.29. The van der Waals surface area contributed by atoms with E-state index in [-0.39, 0.29) is 29.6 Å². The maximum absolute atomic E-state index is 12.4. The zero-order chi connectivity index (χ0) is 17.2. The van der Waals surface area contributed by atoms with Gasteiger partial charge >= 0.3 is 16.1 Å². The number of carbonyl (C=O) groups is 1. The van der Waals surface area contributed by atoms with E-state index >= 15 is 0 Å². The van der Waals surface area contributed by atoms with Crippen LogP contribution in [0.15, 0.2) is 35.6 Å². The molecule has 23 heavy (non-hydrogen) atoms. The van der Waals surface area contributed by atoms with E-state index in [1.165, 1.54) is 0 Å². The van der Waals surface area contributed by atoms with Crippen molar-refractivity contribution in [1.82, 2.24) is 0 Å². The number of hydrogen-bond acceptors (Lipinski definition) is 5. The zero-order valence-electron chi connectivity index (χ0n) is 13.2. The molecule has 1 aromatic carbocycles. The van der Waals surface area contributed by atoms with Crippen LogP contribution in [0.4, 0.5) is 0 Å². The van der Waals surface area contributed by atoms with Crippen molar-refractivity contribution < 1.29 is 22.1 Å². The first-order valence-corrected chi connectivity index (χ1v) is 9.29. The molecule has 0 fully saturated rings. The number of rotatable bonds is 4. The molecule has 0 aliphatic carbocycles. The largest absolute Gasteiger partial charge is 0.463 e. The van der Waals surface area contributed by atoms with Gasteiger partial charge in [0.1, 0.15) is 5.76 Å². The average Bonchev–Trinajstić information content (AvgIpc) is 2.46. The second-order valence-electron chi connectivity index (χ2n) is 5.56. The van der Waals surface area contributed by atoms with Gasteiger partial charge in [-0.1, -0.05) is 37.6 Å². The van der Waals surface area contributed by atoms with E-state index in [1.807, 2.05) is 0 Å². The Morgan fingerprint density at radius 2 is 1.96 bits per heavy atom. The van der Waals surface area contributed by atoms with Crippen molar-refractivity contribution in [2.75, 3.05) is 12.4 Å². The number of allylic oxidation sites excluding steroid dienone is 1. The van der Waals surface area contributed by atoms with E-state index in [4.69, 9.17) is 20.5 Å². The summed E-state index contributed by atoms with van der Waals surface area (Å²) < 4.78 is 34.4. The van der Waals surface area contributed by atoms with Gasteiger partial charge in [-0.25, -0.2) is 4.79 Å². The SMILES string of the molecule is CCOC(=O)C1=C(C(C)C)OS(=O)(=O)CC1c1ccc(Cl)cc1. The number of esters is 1. The maximum atomic E-state index is 12.4. The molecule has 1 atom stereocenters. The summed E-state index contributed by atoms with van der Waals surface area (Å²) in [6, 6.07) is 6.75. The predicted octanol–water partition coefficient (Wildman–Crippen LogP) is 3.26. The lowest BCUT2D eigenvalue weighted by atomic mass is 9.89. The summed E-state index contributed by atoms with van der Waals surface area (Å²) in [6.07, 6.45) is 0. The van der Waals surface area contributed by atoms with E-state index in [2.05, 4.69) is 0 Å². The molecule has 0 spiro atoms. The third kappa shape index (κ3) is 4.06. The molecule has 0 saturated carbocycles. The Morgan fingerprint density at radius 3 is 2.48 bits per heavy atom. The van der Waals surface area contributed by atoms with Gasteiger partial charge in [0.2, 0.25) is 0 Å². The van der Waals surface area contributed by atoms with Crippen LogP contribution >= 0.6 is 11.6 Å². The molecule has 126 valence electrons. The molecule has 0 bridgehead atoms. The topological polar surface area (TPSA) is 69.7 Å². The van der Waals surface area contributed by atoms with Gasteiger partial charge < -0.3 is 8.92 Å². The number of benzene rings is 1. The van der Waals surface area contributed by atoms with E-state index in [0.29, 0.717) is 10.6 Å². The molecule has 0 N–H and O–H groups in total. The van der Waals surface area contributed by atoms with Crippen molar-refractivity contribution in [2.24, 2.45) is 5.92 Å². The molecule has 1 unspecified atom stereocenters. The number of hydrogen-bond donors (Lipinski definition) is 0. The summed E-state index contributed by atoms with van der Waals surface area (Å²) in [5, 5.41) is 0.536. The quantitative estimate of drug-likeness (QED) is 0.610. The fourth-order valence-electron chi connectivity index (χ4n) is 2.49. The van der Waals surface area contributed by atoms with Gasteiger partial charge in [0.15, 0.2) is 0 Å². The third-order valence-electron chi connectivity index (χ3n) is 3.49. The summed E-state index contributed by atoms with van der Waals surface area (Å²) >= 11 is 5.89. The van der Waals surface area contributed by atoms with Gasteiger partial charge in [0.25, 0.3) is 0 Å². The van der Waals surface area contributed by atoms with Crippen molar-refractivity contribution >= 4 is 27.7 Å². The van der Waals surface area contributed by atoms with Crippen molar-refractivity contribution in [3.8, 4) is 0 Å². The molecule has 1 aromatic rings. The summed E-state index contributed by atoms with van der Waals surface area (Å²) in [7, 11) is -3.76. The molecule has 5 nitrogen and oxygen atoms in total. The summed E-state index contributed by atoms with van der Waals surface area (Å²) in [5.41, 5.74) is 0.946. The second kappa shape index (κ2) is 6.93. The Balaban J connectivity index is 2.61. The van der Waals surface area contributed by atoms with Gasteiger partial charge in [-0.2, -0.15) is 8.42 Å². The second-order valence-corrected chi connectivity index (χ2v) is 7.62. The van der Waals surface area contributed by atoms with Crippen LogP contribution in [-0.2, 0) is 23.8 Å². The molecule has 7 heteroatoms. The normalized spacial score (nSPS) is 20.3. The van der Waals surface area contributed by atoms with Gasteiger partial charge in [0.05, 0.1) is 17.9 Å². The molecule has 1 aliphatic heterocycles. The highest BCUT2D eigenvalue weighted by Gasteiger charge is 2.39. The standard InChI is InChI=1S/C16H19ClO5S/c1-4-21-16(18)14-13(11-5-7-12(17)8-6-11)9-23(19,20)22-15(14)10(2)3/h5-8,10,13H,4,9H2,1-3H3. The molecule has 0 amide bonds. The molecule has 0 saturated heterocycles. The minimum Gasteiger partial charge on any atom is -0.463 e. The fourth-order valence-corrected chi connectivity index (χ4v) is 4.01. The lowest BCUT2D eigenvalue weighted by molar-refractivity contribution is -0.139. The van der Waals surface area contributed by atoms with Gasteiger partial charge in [0, 0.05) is 16.9 Å². The first-order chi connectivity index (χ1) is 10.7. The first-order valence-electron chi connectivity index (χ1n) is 7.34. The maximum Gasteiger partial charge on any atom is 0.338 e. The van der Waals surface area contributed by atoms with Crippen LogP contribution < -0.4 is 0 Å². The fraction of sp³-hybridized carbons (Fsp3) is 0.438. The number of halogens is 1. The van der Waals surface area contributed by atoms with Crippen molar-refractivity contribution in [3.63, 3.8) is 0 Å². The lowest BCUT2D eigenvalue weighted by Crippen LogP contribution is -2.31. The zero-order valence-corrected chi connectivity index (χ0v) is 14.8. The monoisotopic (exact) mass is 358 g/mol. The van der Waals surface area contributed by atoms with Crippen LogP contribution in [0, 0.1) is 5.92 Å². The molecular formula is C16H19ClO5S. The molecule has 0 aromatic heterocycles. The number of carbonyl (C=O) groups excluding carboxylic acids is 1. The smallest absolute Gasteiger partial charge is 0.338 e. The van der Waals surface area contributed by atoms with Gasteiger partial charge in [-0.3, -0.25) is 0 Å². The molecule has 1 aliphatic rings. The Hall–Kier alpha value is -1.53. The van der Waals surface area contributed by atoms with Crippen LogP contribution in [0.1, 0.15) is 32.3 Å². The summed E-state index contributed by atoms with van der Waals surface area (Å²) in [6.45, 7) is 5.45. The summed E-state index contributed by atoms with van der Waals surface area (Å²) in [5.74, 6) is -1.61. The minimum atomic E-state index is -3.76. The molecular weight excluding hydrogens is 340 g/mol. The Kier molecular flexibility index (Phi) is 5.37. The van der Waals surface area contributed by atoms with Gasteiger partial charge in [-0.15, -0.1) is 0 Å². The van der Waals surface area contributed by atoms with E-state index in [0.717, 1.165) is 0 Å². The summed E-state index contributed by atoms with van der Waals surface area (Å²) in [4.78, 5) is 12.4.